The van der Waals surface area contributed by atoms with Crippen LogP contribution in [0.4, 0.5) is 0 Å². The lowest BCUT2D eigenvalue weighted by atomic mass is 9.73. The molecule has 2 unspecified atom stereocenters. The number of hydrogen-bond donors (Lipinski definition) is 1. The van der Waals surface area contributed by atoms with Crippen LogP contribution in [0, 0.1) is 34.5 Å². The number of aliphatic hydroxyl groups is 1. The van der Waals surface area contributed by atoms with E-state index < -0.39 is 0 Å². The molecule has 4 rings (SSSR count). The third-order valence-electron chi connectivity index (χ3n) is 3.14. The van der Waals surface area contributed by atoms with E-state index in [0.717, 1.165) is 0 Å². The maximum absolute atomic E-state index is 8.93. The smallest absolute Gasteiger partial charge is 0.0722 e. The summed E-state index contributed by atoms with van der Waals surface area (Å²) in [6.07, 6.45) is -0.0837. The van der Waals surface area contributed by atoms with Crippen LogP contribution in [0.3, 0.4) is 0 Å². The van der Waals surface area contributed by atoms with E-state index in [0.29, 0.717) is 17.8 Å². The molecule has 2 bridgehead atoms. The number of nitrogens with zero attached hydrogens (tertiary/aromatic N) is 1. The third-order valence-corrected chi connectivity index (χ3v) is 3.14. The topological polar surface area (TPSA) is 44.0 Å². The van der Waals surface area contributed by atoms with E-state index >= 15 is 0 Å². The van der Waals surface area contributed by atoms with E-state index in [2.05, 4.69) is 6.07 Å². The lowest BCUT2D eigenvalue weighted by Crippen LogP contribution is -2.41. The van der Waals surface area contributed by atoms with Crippen molar-refractivity contribution in [1.29, 1.82) is 5.26 Å². The van der Waals surface area contributed by atoms with Crippen LogP contribution in [-0.2, 0) is 0 Å². The number of hydrogen-bond acceptors (Lipinski definition) is 2. The molecule has 4 aliphatic rings. The molecule has 4 saturated carbocycles. The van der Waals surface area contributed by atoms with Crippen LogP contribution in [-0.4, -0.2) is 11.2 Å². The molecule has 8 heavy (non-hydrogen) atoms. The summed E-state index contributed by atoms with van der Waals surface area (Å²) in [7, 11) is 0. The molecule has 0 aromatic heterocycles. The summed E-state index contributed by atoms with van der Waals surface area (Å²) < 4.78 is 0. The number of rotatable bonds is 0. The SMILES string of the molecule is N#CC12C3C(O)C1C32. The van der Waals surface area contributed by atoms with Crippen LogP contribution in [0.2, 0.25) is 0 Å². The molecule has 0 saturated heterocycles. The second kappa shape index (κ2) is 0.563. The van der Waals surface area contributed by atoms with Gasteiger partial charge in [0.25, 0.3) is 0 Å². The van der Waals surface area contributed by atoms with Gasteiger partial charge in [-0.05, 0) is 5.92 Å². The molecule has 0 heterocycles. The monoisotopic (exact) mass is 107 g/mol. The first-order valence-electron chi connectivity index (χ1n) is 2.93. The highest BCUT2D eigenvalue weighted by molar-refractivity contribution is 5.52. The number of aliphatic hydroxyl groups excluding tert-OH is 1. The lowest BCUT2D eigenvalue weighted by Gasteiger charge is -2.33. The van der Waals surface area contributed by atoms with Crippen LogP contribution < -0.4 is 0 Å². The molecule has 4 aliphatic carbocycles. The van der Waals surface area contributed by atoms with Crippen molar-refractivity contribution in [3.8, 4) is 6.07 Å². The molecule has 2 nitrogen and oxygen atoms in total. The fourth-order valence-electron chi connectivity index (χ4n) is 2.43. The van der Waals surface area contributed by atoms with Gasteiger partial charge in [0.05, 0.1) is 17.6 Å². The lowest BCUT2D eigenvalue weighted by molar-refractivity contribution is -0.0293. The zero-order valence-corrected chi connectivity index (χ0v) is 4.20. The summed E-state index contributed by atoms with van der Waals surface area (Å²) in [5.74, 6) is 1.47. The Hall–Kier alpha value is -0.550. The minimum Gasteiger partial charge on any atom is -0.392 e. The average Bonchev–Trinajstić information content (AvgIpc) is 2.45. The van der Waals surface area contributed by atoms with E-state index in [4.69, 9.17) is 10.4 Å². The first-order valence-corrected chi connectivity index (χ1v) is 2.93. The van der Waals surface area contributed by atoms with Gasteiger partial charge in [-0.2, -0.15) is 5.26 Å². The Balaban J connectivity index is 2.04. The van der Waals surface area contributed by atoms with Crippen molar-refractivity contribution in [1.82, 2.24) is 0 Å². The van der Waals surface area contributed by atoms with Crippen molar-refractivity contribution in [2.75, 3.05) is 0 Å². The Morgan fingerprint density at radius 3 is 2.12 bits per heavy atom. The van der Waals surface area contributed by atoms with Gasteiger partial charge < -0.3 is 5.11 Å². The highest BCUT2D eigenvalue weighted by Gasteiger charge is 3.01. The summed E-state index contributed by atoms with van der Waals surface area (Å²) in [5, 5.41) is 17.4. The Labute approximate surface area is 46.7 Å². The molecule has 1 N–H and O–H groups in total. The van der Waals surface area contributed by atoms with Crippen molar-refractivity contribution >= 4 is 0 Å². The fourth-order valence-corrected chi connectivity index (χ4v) is 2.43. The zero-order chi connectivity index (χ0) is 5.52. The minimum atomic E-state index is -0.0837. The standard InChI is InChI=1S/C6H5NO/c7-1-6-2-3(6)5(8)4(2)6/h2-5,8H. The molecular weight excluding hydrogens is 102 g/mol. The second-order valence-electron chi connectivity index (χ2n) is 3.11. The van der Waals surface area contributed by atoms with Gasteiger partial charge in [0.15, 0.2) is 0 Å². The predicted octanol–water partition coefficient (Wildman–Crippen LogP) is -0.253. The molecule has 0 aliphatic heterocycles. The molecule has 2 atom stereocenters. The molecule has 4 fully saturated rings. The summed E-state index contributed by atoms with van der Waals surface area (Å²) >= 11 is 0. The van der Waals surface area contributed by atoms with Gasteiger partial charge in [-0.15, -0.1) is 0 Å². The maximum atomic E-state index is 8.93. The highest BCUT2D eigenvalue weighted by atomic mass is 16.3. The van der Waals surface area contributed by atoms with Gasteiger partial charge in [-0.25, -0.2) is 0 Å². The van der Waals surface area contributed by atoms with Crippen molar-refractivity contribution in [2.24, 2.45) is 23.2 Å². The third kappa shape index (κ3) is 0.102. The van der Waals surface area contributed by atoms with Gasteiger partial charge in [0.2, 0.25) is 0 Å². The molecule has 40 valence electrons. The summed E-state index contributed by atoms with van der Waals surface area (Å²) in [6, 6.07) is 2.26. The number of nitriles is 1. The van der Waals surface area contributed by atoms with Gasteiger partial charge in [-0.1, -0.05) is 0 Å². The molecule has 0 radical (unpaired) electrons. The summed E-state index contributed by atoms with van der Waals surface area (Å²) in [5.41, 5.74) is 0.0411. The van der Waals surface area contributed by atoms with Gasteiger partial charge in [-0.3, -0.25) is 0 Å². The molecule has 2 heteroatoms. The molecule has 0 aromatic rings. The molecule has 0 spiro atoms. The Morgan fingerprint density at radius 1 is 1.38 bits per heavy atom. The zero-order valence-electron chi connectivity index (χ0n) is 4.20. The normalized spacial score (nSPS) is 79.0. The first kappa shape index (κ1) is 3.47. The summed E-state index contributed by atoms with van der Waals surface area (Å²) in [6.45, 7) is 0. The van der Waals surface area contributed by atoms with E-state index in [-0.39, 0.29) is 11.5 Å². The second-order valence-corrected chi connectivity index (χ2v) is 3.11. The van der Waals surface area contributed by atoms with Crippen LogP contribution in [0.5, 0.6) is 0 Å². The Morgan fingerprint density at radius 2 is 2.00 bits per heavy atom. The van der Waals surface area contributed by atoms with Gasteiger partial charge >= 0.3 is 0 Å². The fraction of sp³-hybridized carbons (Fsp3) is 0.833. The van der Waals surface area contributed by atoms with Crippen LogP contribution in [0.25, 0.3) is 0 Å². The first-order chi connectivity index (χ1) is 3.84. The maximum Gasteiger partial charge on any atom is 0.0722 e. The van der Waals surface area contributed by atoms with Crippen molar-refractivity contribution in [3.05, 3.63) is 0 Å². The van der Waals surface area contributed by atoms with Gasteiger partial charge in [0, 0.05) is 11.8 Å². The van der Waals surface area contributed by atoms with Crippen molar-refractivity contribution in [3.63, 3.8) is 0 Å². The van der Waals surface area contributed by atoms with Crippen LogP contribution in [0.1, 0.15) is 0 Å². The Bertz CT molecular complexity index is 205. The van der Waals surface area contributed by atoms with Crippen LogP contribution in [0.15, 0.2) is 0 Å². The minimum absolute atomic E-state index is 0.0411. The van der Waals surface area contributed by atoms with E-state index in [9.17, 15) is 0 Å². The predicted molar refractivity (Wildman–Crippen MR) is 24.5 cm³/mol. The summed E-state index contributed by atoms with van der Waals surface area (Å²) in [4.78, 5) is 0. The largest absolute Gasteiger partial charge is 0.392 e. The average molecular weight is 107 g/mol. The quantitative estimate of drug-likeness (QED) is 0.463. The molecular formula is C6H5NO. The van der Waals surface area contributed by atoms with Crippen LogP contribution >= 0.6 is 0 Å². The van der Waals surface area contributed by atoms with Gasteiger partial charge in [0.1, 0.15) is 0 Å². The highest BCUT2D eigenvalue weighted by Crippen LogP contribution is 2.96. The van der Waals surface area contributed by atoms with E-state index in [1.54, 1.807) is 0 Å². The van der Waals surface area contributed by atoms with E-state index in [1.807, 2.05) is 0 Å². The molecule has 0 aromatic carbocycles. The van der Waals surface area contributed by atoms with Crippen molar-refractivity contribution < 1.29 is 5.11 Å². The van der Waals surface area contributed by atoms with E-state index in [1.165, 1.54) is 0 Å². The van der Waals surface area contributed by atoms with Crippen molar-refractivity contribution in [2.45, 2.75) is 6.10 Å². The molecule has 0 amide bonds. The Kier molecular flexibility index (Phi) is 0.244.